The molecule has 0 unspecified atom stereocenters. The minimum Gasteiger partial charge on any atom is -0.457 e. The van der Waals surface area contributed by atoms with E-state index >= 15 is 0 Å². The lowest BCUT2D eigenvalue weighted by Crippen LogP contribution is -2.44. The van der Waals surface area contributed by atoms with Gasteiger partial charge < -0.3 is 14.4 Å². The number of hydrogen-bond donors (Lipinski definition) is 1. The van der Waals surface area contributed by atoms with Gasteiger partial charge in [-0.05, 0) is 62.1 Å². The van der Waals surface area contributed by atoms with E-state index in [-0.39, 0.29) is 34.7 Å². The molecule has 3 heterocycles. The molecule has 0 spiro atoms. The summed E-state index contributed by atoms with van der Waals surface area (Å²) in [4.78, 5) is 39.5. The minimum atomic E-state index is -0.748. The highest BCUT2D eigenvalue weighted by atomic mass is 16.6. The maximum Gasteiger partial charge on any atom is 0.293 e. The number of β-amino-alcohol motifs (C(OH)–C–C–N with tert-alkyl or cyclic N) is 1. The molecule has 0 bridgehead atoms. The normalized spacial score (nSPS) is 17.8. The molecule has 10 heteroatoms. The number of nitro groups is 1. The van der Waals surface area contributed by atoms with Gasteiger partial charge in [0.1, 0.15) is 28.9 Å². The molecule has 35 heavy (non-hydrogen) atoms. The number of anilines is 1. The van der Waals surface area contributed by atoms with Crippen molar-refractivity contribution in [3.05, 3.63) is 62.9 Å². The van der Waals surface area contributed by atoms with Crippen molar-refractivity contribution < 1.29 is 24.0 Å². The zero-order valence-corrected chi connectivity index (χ0v) is 19.2. The van der Waals surface area contributed by atoms with Crippen molar-refractivity contribution in [2.75, 3.05) is 31.1 Å². The summed E-state index contributed by atoms with van der Waals surface area (Å²) in [6, 6.07) is 10.0. The molecule has 4 rings (SSSR count). The monoisotopic (exact) mass is 476 g/mol. The molecule has 180 valence electrons. The number of nitrogens with zero attached hydrogens (tertiary/aromatic N) is 4. The highest BCUT2D eigenvalue weighted by Gasteiger charge is 2.35. The summed E-state index contributed by atoms with van der Waals surface area (Å²) in [6.45, 7) is 2.40. The van der Waals surface area contributed by atoms with Crippen LogP contribution in [0.25, 0.3) is 17.4 Å². The van der Waals surface area contributed by atoms with E-state index in [2.05, 4.69) is 0 Å². The van der Waals surface area contributed by atoms with Crippen molar-refractivity contribution in [1.82, 2.24) is 4.90 Å². The fourth-order valence-electron chi connectivity index (χ4n) is 4.39. The third-order valence-electron chi connectivity index (χ3n) is 6.22. The number of carbonyl (C=O) groups excluding carboxylic acids is 2. The second-order valence-corrected chi connectivity index (χ2v) is 8.37. The van der Waals surface area contributed by atoms with Gasteiger partial charge in [-0.25, -0.2) is 0 Å². The smallest absolute Gasteiger partial charge is 0.293 e. The molecule has 1 aromatic carbocycles. The lowest BCUT2D eigenvalue weighted by molar-refractivity contribution is -0.384. The third-order valence-corrected chi connectivity index (χ3v) is 6.22. The Morgan fingerprint density at radius 2 is 1.91 bits per heavy atom. The van der Waals surface area contributed by atoms with E-state index in [0.717, 1.165) is 37.3 Å². The number of amides is 2. The number of aliphatic hydroxyl groups excluding tert-OH is 1. The zero-order valence-electron chi connectivity index (χ0n) is 19.2. The summed E-state index contributed by atoms with van der Waals surface area (Å²) >= 11 is 0. The van der Waals surface area contributed by atoms with Crippen LogP contribution in [0, 0.1) is 21.4 Å². The highest BCUT2D eigenvalue weighted by molar-refractivity contribution is 6.19. The number of hydrogen-bond acceptors (Lipinski definition) is 8. The van der Waals surface area contributed by atoms with Gasteiger partial charge in [0.05, 0.1) is 18.1 Å². The first-order valence-corrected chi connectivity index (χ1v) is 11.3. The summed E-state index contributed by atoms with van der Waals surface area (Å²) in [5, 5.41) is 30.4. The predicted octanol–water partition coefficient (Wildman–Crippen LogP) is 3.43. The number of furan rings is 1. The van der Waals surface area contributed by atoms with Crippen molar-refractivity contribution in [2.24, 2.45) is 0 Å². The van der Waals surface area contributed by atoms with Crippen LogP contribution in [0.2, 0.25) is 0 Å². The van der Waals surface area contributed by atoms with Gasteiger partial charge in [0.25, 0.3) is 17.5 Å². The molecule has 0 atom stereocenters. The minimum absolute atomic E-state index is 0.00115. The molecule has 0 saturated carbocycles. The molecule has 1 aromatic heterocycles. The number of carbonyl (C=O) groups is 2. The van der Waals surface area contributed by atoms with Gasteiger partial charge >= 0.3 is 0 Å². The van der Waals surface area contributed by atoms with Crippen molar-refractivity contribution in [2.45, 2.75) is 26.2 Å². The molecule has 2 aliphatic rings. The summed E-state index contributed by atoms with van der Waals surface area (Å²) in [5.74, 6) is -0.734. The molecular weight excluding hydrogens is 452 g/mol. The first-order valence-electron chi connectivity index (χ1n) is 11.3. The largest absolute Gasteiger partial charge is 0.457 e. The van der Waals surface area contributed by atoms with Gasteiger partial charge in [-0.2, -0.15) is 5.26 Å². The maximum absolute atomic E-state index is 12.8. The van der Waals surface area contributed by atoms with Crippen LogP contribution in [0.1, 0.15) is 31.9 Å². The molecule has 0 radical (unpaired) electrons. The average Bonchev–Trinajstić information content (AvgIpc) is 3.33. The van der Waals surface area contributed by atoms with Crippen molar-refractivity contribution in [3.8, 4) is 17.4 Å². The molecule has 1 N–H and O–H groups in total. The van der Waals surface area contributed by atoms with E-state index in [1.807, 2.05) is 11.0 Å². The van der Waals surface area contributed by atoms with Crippen LogP contribution in [0.4, 0.5) is 11.4 Å². The molecule has 1 saturated heterocycles. The predicted molar refractivity (Wildman–Crippen MR) is 127 cm³/mol. The van der Waals surface area contributed by atoms with Crippen LogP contribution in [0.15, 0.2) is 51.5 Å². The maximum atomic E-state index is 12.8. The van der Waals surface area contributed by atoms with Gasteiger partial charge in [0.15, 0.2) is 0 Å². The summed E-state index contributed by atoms with van der Waals surface area (Å²) in [5.41, 5.74) is 1.23. The Labute approximate surface area is 201 Å². The quantitative estimate of drug-likeness (QED) is 0.289. The van der Waals surface area contributed by atoms with Crippen molar-refractivity contribution in [3.63, 3.8) is 0 Å². The molecule has 2 aliphatic heterocycles. The molecule has 1 fully saturated rings. The van der Waals surface area contributed by atoms with Gasteiger partial charge in [-0.3, -0.25) is 24.6 Å². The summed E-state index contributed by atoms with van der Waals surface area (Å²) < 4.78 is 5.86. The number of rotatable bonds is 6. The zero-order chi connectivity index (χ0) is 25.1. The van der Waals surface area contributed by atoms with Gasteiger partial charge in [0, 0.05) is 30.3 Å². The SMILES string of the molecule is CC1=C(C#N)C(=O)N(CCO)C(=O)/C1=C/c1ccc(-c2ccc(N3CCCCC3)c([N+](=O)[O-])c2)o1. The lowest BCUT2D eigenvalue weighted by Gasteiger charge is -2.28. The molecule has 2 aromatic rings. The lowest BCUT2D eigenvalue weighted by atomic mass is 9.95. The topological polar surface area (TPSA) is 141 Å². The van der Waals surface area contributed by atoms with Crippen LogP contribution < -0.4 is 4.90 Å². The summed E-state index contributed by atoms with van der Waals surface area (Å²) in [6.07, 6.45) is 4.53. The molecule has 0 aliphatic carbocycles. The Hall–Kier alpha value is -4.23. The molecular formula is C25H24N4O6. The Kier molecular flexibility index (Phi) is 6.80. The fraction of sp³-hybridized carbons (Fsp3) is 0.320. The Bertz CT molecular complexity index is 1290. The van der Waals surface area contributed by atoms with Crippen LogP contribution in [0.3, 0.4) is 0 Å². The van der Waals surface area contributed by atoms with Crippen LogP contribution >= 0.6 is 0 Å². The van der Waals surface area contributed by atoms with E-state index in [1.165, 1.54) is 19.1 Å². The standard InChI is InChI=1S/C25H24N4O6/c1-16-19(24(31)28(11-12-30)25(32)20(16)15-26)14-18-6-8-23(35-18)17-5-7-21(22(13-17)29(33)34)27-9-3-2-4-10-27/h5-8,13-14,30H,2-4,9-12H2,1H3/b19-14+. The summed E-state index contributed by atoms with van der Waals surface area (Å²) in [7, 11) is 0. The highest BCUT2D eigenvalue weighted by Crippen LogP contribution is 2.36. The Balaban J connectivity index is 1.68. The Morgan fingerprint density at radius 3 is 2.57 bits per heavy atom. The van der Waals surface area contributed by atoms with Gasteiger partial charge in [0.2, 0.25) is 0 Å². The van der Waals surface area contributed by atoms with E-state index in [0.29, 0.717) is 17.0 Å². The van der Waals surface area contributed by atoms with Crippen molar-refractivity contribution in [1.29, 1.82) is 5.26 Å². The van der Waals surface area contributed by atoms with Crippen LogP contribution in [0.5, 0.6) is 0 Å². The van der Waals surface area contributed by atoms with E-state index in [9.17, 15) is 30.1 Å². The van der Waals surface area contributed by atoms with E-state index in [4.69, 9.17) is 4.42 Å². The fourth-order valence-corrected chi connectivity index (χ4v) is 4.39. The first kappa shape index (κ1) is 23.9. The van der Waals surface area contributed by atoms with Crippen LogP contribution in [-0.4, -0.2) is 53.0 Å². The van der Waals surface area contributed by atoms with Crippen LogP contribution in [-0.2, 0) is 9.59 Å². The molecule has 2 amide bonds. The number of piperidine rings is 1. The third kappa shape index (κ3) is 4.58. The van der Waals surface area contributed by atoms with Gasteiger partial charge in [-0.15, -0.1) is 0 Å². The number of aliphatic hydroxyl groups is 1. The second kappa shape index (κ2) is 9.95. The number of nitriles is 1. The number of benzene rings is 1. The second-order valence-electron chi connectivity index (χ2n) is 8.37. The first-order chi connectivity index (χ1) is 16.8. The van der Waals surface area contributed by atoms with E-state index in [1.54, 1.807) is 24.3 Å². The molecule has 10 nitrogen and oxygen atoms in total. The number of nitro benzene ring substituents is 1. The van der Waals surface area contributed by atoms with Crippen molar-refractivity contribution >= 4 is 29.3 Å². The van der Waals surface area contributed by atoms with Gasteiger partial charge in [-0.1, -0.05) is 0 Å². The van der Waals surface area contributed by atoms with E-state index < -0.39 is 23.3 Å². The number of imide groups is 1. The Morgan fingerprint density at radius 1 is 1.17 bits per heavy atom. The average molecular weight is 476 g/mol.